The van der Waals surface area contributed by atoms with Gasteiger partial charge in [0.2, 0.25) is 0 Å². The van der Waals surface area contributed by atoms with Crippen molar-refractivity contribution in [3.05, 3.63) is 161 Å². The van der Waals surface area contributed by atoms with Crippen molar-refractivity contribution in [1.29, 1.82) is 0 Å². The molecule has 0 aliphatic rings. The van der Waals surface area contributed by atoms with Crippen LogP contribution in [0, 0.1) is 61.8 Å². The average Bonchev–Trinajstić information content (AvgIpc) is 3.17. The standard InChI is InChI=1S/C8H8N2.C7H6N2.C6H6N2O2.C6H8N2.C5H3BrN2O2.C5H5IN2/c1-2-3-7-4-5-8(9)10-6-7;1-2-6-3-4-7(8)9-5-6;1-5-2-3-6(7-4-5)8(9)10;1-5-2-3-6(7)8-4-5;6-4-1-2-5(7-3-4)8(9)10;6-4-1-2-5(7)8-3-4/h4-6H,1H3,(H2,9,10);1,3-5H,(H2,8,9);2-4H,1H3;2-4H,1H3,(H2,7,8);1-3H;1-3H,(H2,7,8). The summed E-state index contributed by atoms with van der Waals surface area (Å²) in [7, 11) is 0. The first-order valence-electron chi connectivity index (χ1n) is 15.3. The molecule has 0 radical (unpaired) electrons. The lowest BCUT2D eigenvalue weighted by atomic mass is 10.3. The van der Waals surface area contributed by atoms with Gasteiger partial charge in [-0.2, -0.15) is 0 Å². The van der Waals surface area contributed by atoms with Gasteiger partial charge in [0.25, 0.3) is 0 Å². The topological polar surface area (TPSA) is 268 Å². The fourth-order valence-corrected chi connectivity index (χ4v) is 3.58. The molecule has 6 heterocycles. The second-order valence-corrected chi connectivity index (χ2v) is 12.3. The number of nitrogens with two attached hydrogens (primary N) is 4. The SMILES string of the molecule is C#Cc1ccc(N)nc1.CC#Cc1ccc(N)nc1.Cc1ccc(N)nc1.Cc1ccc([N+](=O)[O-])nc1.Nc1ccc(I)cn1.O=[N+]([O-])c1ccc(Br)cn1. The zero-order valence-electron chi connectivity index (χ0n) is 29.7. The van der Waals surface area contributed by atoms with Crippen LogP contribution in [0.5, 0.6) is 0 Å². The van der Waals surface area contributed by atoms with Crippen molar-refractivity contribution in [2.45, 2.75) is 20.8 Å². The summed E-state index contributed by atoms with van der Waals surface area (Å²) < 4.78 is 1.84. The quantitative estimate of drug-likeness (QED) is 0.0591. The lowest BCUT2D eigenvalue weighted by molar-refractivity contribution is -0.389. The van der Waals surface area contributed by atoms with Gasteiger partial charge in [-0.15, -0.1) is 12.3 Å². The van der Waals surface area contributed by atoms with Gasteiger partial charge in [0.1, 0.15) is 29.5 Å². The molecule has 0 saturated carbocycles. The largest absolute Gasteiger partial charge is 0.384 e. The summed E-state index contributed by atoms with van der Waals surface area (Å²) in [5.74, 6) is 10.0. The van der Waals surface area contributed by atoms with E-state index in [9.17, 15) is 20.2 Å². The number of hydrogen-bond acceptors (Lipinski definition) is 14. The van der Waals surface area contributed by atoms with Crippen molar-refractivity contribution in [3.8, 4) is 24.2 Å². The molecule has 282 valence electrons. The second-order valence-electron chi connectivity index (χ2n) is 10.2. The highest BCUT2D eigenvalue weighted by Gasteiger charge is 2.04. The zero-order chi connectivity index (χ0) is 41.2. The van der Waals surface area contributed by atoms with Crippen LogP contribution in [0.1, 0.15) is 29.2 Å². The number of nitro groups is 2. The Morgan fingerprint density at radius 3 is 1.33 bits per heavy atom. The van der Waals surface area contributed by atoms with E-state index < -0.39 is 9.85 Å². The molecule has 18 heteroatoms. The number of halogens is 2. The molecule has 0 amide bonds. The third kappa shape index (κ3) is 22.0. The lowest BCUT2D eigenvalue weighted by Crippen LogP contribution is -1.90. The molecule has 0 aliphatic heterocycles. The molecule has 6 aromatic heterocycles. The molecule has 6 aromatic rings. The highest BCUT2D eigenvalue weighted by atomic mass is 127. The Labute approximate surface area is 339 Å². The Bertz CT molecular complexity index is 2000. The predicted octanol–water partition coefficient (Wildman–Crippen LogP) is 6.97. The second kappa shape index (κ2) is 26.1. The van der Waals surface area contributed by atoms with E-state index in [0.717, 1.165) is 30.3 Å². The molecular formula is C37H36BrIN12O4. The van der Waals surface area contributed by atoms with Gasteiger partial charge in [-0.1, -0.05) is 17.9 Å². The third-order valence-electron chi connectivity index (χ3n) is 5.67. The van der Waals surface area contributed by atoms with Crippen LogP contribution in [-0.4, -0.2) is 39.8 Å². The first-order chi connectivity index (χ1) is 26.1. The van der Waals surface area contributed by atoms with Crippen molar-refractivity contribution in [2.24, 2.45) is 0 Å². The monoisotopic (exact) mass is 918 g/mol. The van der Waals surface area contributed by atoms with Crippen LogP contribution in [0.25, 0.3) is 0 Å². The Morgan fingerprint density at radius 1 is 0.600 bits per heavy atom. The number of aryl methyl sites for hydroxylation is 2. The van der Waals surface area contributed by atoms with E-state index in [4.69, 9.17) is 29.4 Å². The first-order valence-corrected chi connectivity index (χ1v) is 17.2. The van der Waals surface area contributed by atoms with Gasteiger partial charge in [-0.25, -0.2) is 19.9 Å². The summed E-state index contributed by atoms with van der Waals surface area (Å²) in [6.07, 6.45) is 14.6. The van der Waals surface area contributed by atoms with Crippen LogP contribution in [0.4, 0.5) is 34.9 Å². The maximum atomic E-state index is 10.1. The molecule has 0 spiro atoms. The highest BCUT2D eigenvalue weighted by Crippen LogP contribution is 2.11. The van der Waals surface area contributed by atoms with Crippen molar-refractivity contribution < 1.29 is 9.85 Å². The molecule has 6 rings (SSSR count). The number of terminal acetylenes is 1. The van der Waals surface area contributed by atoms with Crippen LogP contribution in [-0.2, 0) is 0 Å². The summed E-state index contributed by atoms with van der Waals surface area (Å²) in [4.78, 5) is 41.5. The highest BCUT2D eigenvalue weighted by molar-refractivity contribution is 14.1. The molecule has 55 heavy (non-hydrogen) atoms. The van der Waals surface area contributed by atoms with Crippen LogP contribution in [0.15, 0.2) is 114 Å². The average molecular weight is 920 g/mol. The van der Waals surface area contributed by atoms with Gasteiger partial charge in [-0.05, 0) is 145 Å². The molecule has 0 saturated heterocycles. The number of nitrogens with zero attached hydrogens (tertiary/aromatic N) is 8. The minimum absolute atomic E-state index is 0.106. The van der Waals surface area contributed by atoms with Gasteiger partial charge in [0.15, 0.2) is 6.20 Å². The molecule has 8 N–H and O–H groups in total. The number of nitrogen functional groups attached to an aromatic ring is 4. The molecule has 0 aromatic carbocycles. The minimum atomic E-state index is -0.535. The van der Waals surface area contributed by atoms with E-state index in [1.54, 1.807) is 74.2 Å². The molecule has 0 bridgehead atoms. The predicted molar refractivity (Wildman–Crippen MR) is 227 cm³/mol. The maximum absolute atomic E-state index is 10.1. The number of hydrogen-bond donors (Lipinski definition) is 4. The molecular weight excluding hydrogens is 883 g/mol. The maximum Gasteiger partial charge on any atom is 0.363 e. The molecule has 0 fully saturated rings. The summed E-state index contributed by atoms with van der Waals surface area (Å²) in [6.45, 7) is 5.60. The Kier molecular flexibility index (Phi) is 21.9. The first kappa shape index (κ1) is 46.3. The Balaban J connectivity index is 0.000000331. The molecule has 0 aliphatic carbocycles. The van der Waals surface area contributed by atoms with E-state index in [0.29, 0.717) is 23.3 Å². The fourth-order valence-electron chi connectivity index (χ4n) is 3.02. The van der Waals surface area contributed by atoms with Gasteiger partial charge in [0, 0.05) is 51.6 Å². The smallest absolute Gasteiger partial charge is 0.363 e. The normalized spacial score (nSPS) is 8.87. The zero-order valence-corrected chi connectivity index (χ0v) is 33.5. The van der Waals surface area contributed by atoms with E-state index in [2.05, 4.69) is 86.2 Å². The number of aromatic nitrogens is 6. The van der Waals surface area contributed by atoms with E-state index >= 15 is 0 Å². The van der Waals surface area contributed by atoms with Gasteiger partial charge in [-0.3, -0.25) is 0 Å². The van der Waals surface area contributed by atoms with Crippen molar-refractivity contribution in [1.82, 2.24) is 29.9 Å². The number of anilines is 4. The van der Waals surface area contributed by atoms with Crippen LogP contribution >= 0.6 is 38.5 Å². The van der Waals surface area contributed by atoms with E-state index in [1.807, 2.05) is 32.0 Å². The minimum Gasteiger partial charge on any atom is -0.384 e. The van der Waals surface area contributed by atoms with Crippen molar-refractivity contribution in [2.75, 3.05) is 22.9 Å². The van der Waals surface area contributed by atoms with Crippen LogP contribution in [0.2, 0.25) is 0 Å². The lowest BCUT2D eigenvalue weighted by Gasteiger charge is -1.89. The fraction of sp³-hybridized carbons (Fsp3) is 0.0811. The van der Waals surface area contributed by atoms with Crippen LogP contribution < -0.4 is 22.9 Å². The summed E-state index contributed by atoms with van der Waals surface area (Å²) in [5, 5.41) is 20.1. The Hall–Kier alpha value is -6.77. The Morgan fingerprint density at radius 2 is 1.02 bits per heavy atom. The van der Waals surface area contributed by atoms with Crippen LogP contribution in [0.3, 0.4) is 0 Å². The van der Waals surface area contributed by atoms with E-state index in [1.165, 1.54) is 24.5 Å². The van der Waals surface area contributed by atoms with Crippen molar-refractivity contribution >= 4 is 73.4 Å². The summed E-state index contributed by atoms with van der Waals surface area (Å²) in [6, 6.07) is 20.4. The van der Waals surface area contributed by atoms with E-state index in [-0.39, 0.29) is 11.6 Å². The van der Waals surface area contributed by atoms with Crippen molar-refractivity contribution in [3.63, 3.8) is 0 Å². The molecule has 16 nitrogen and oxygen atoms in total. The summed E-state index contributed by atoms with van der Waals surface area (Å²) in [5.41, 5.74) is 25.0. The molecule has 0 unspecified atom stereocenters. The number of pyridine rings is 6. The van der Waals surface area contributed by atoms with Gasteiger partial charge in [0.05, 0.1) is 4.47 Å². The number of rotatable bonds is 2. The van der Waals surface area contributed by atoms with Gasteiger partial charge >= 0.3 is 11.6 Å². The van der Waals surface area contributed by atoms with Gasteiger partial charge < -0.3 is 43.2 Å². The molecule has 0 atom stereocenters. The summed E-state index contributed by atoms with van der Waals surface area (Å²) >= 11 is 5.29. The third-order valence-corrected chi connectivity index (χ3v) is 6.78.